The van der Waals surface area contributed by atoms with Crippen LogP contribution >= 0.6 is 23.2 Å². The summed E-state index contributed by atoms with van der Waals surface area (Å²) >= 11 is 9.55. The summed E-state index contributed by atoms with van der Waals surface area (Å²) in [6, 6.07) is 0. The predicted molar refractivity (Wildman–Crippen MR) is 25.2 cm³/mol. The van der Waals surface area contributed by atoms with E-state index >= 15 is 0 Å². The number of carbonyl (C=O) groups is 1. The Morgan fingerprint density at radius 2 is 1.83 bits per heavy atom. The van der Waals surface area contributed by atoms with Crippen molar-refractivity contribution in [3.63, 3.8) is 0 Å². The molecule has 4 heteroatoms. The van der Waals surface area contributed by atoms with Crippen LogP contribution in [0.25, 0.3) is 0 Å². The highest BCUT2D eigenvalue weighted by molar-refractivity contribution is 6.67. The molecule has 0 radical (unpaired) electrons. The van der Waals surface area contributed by atoms with Crippen molar-refractivity contribution in [2.75, 3.05) is 5.88 Å². The zero-order valence-electron chi connectivity index (χ0n) is 2.87. The molecule has 0 aromatic heterocycles. The minimum atomic E-state index is -0.508. The minimum Gasteiger partial charge on any atom is -0.412 e. The van der Waals surface area contributed by atoms with Crippen LogP contribution in [0.4, 0.5) is 0 Å². The topological polar surface area (TPSA) is 48.6 Å². The lowest BCUT2D eigenvalue weighted by atomic mass is 10.9. The van der Waals surface area contributed by atoms with Crippen molar-refractivity contribution in [1.29, 1.82) is 0 Å². The maximum atomic E-state index is 9.45. The van der Waals surface area contributed by atoms with Crippen molar-refractivity contribution in [2.24, 2.45) is 0 Å². The van der Waals surface area contributed by atoms with Gasteiger partial charge in [0.25, 0.3) is 0 Å². The molecule has 0 amide bonds. The molecule has 2 nitrogen and oxygen atoms in total. The van der Waals surface area contributed by atoms with Gasteiger partial charge in [-0.15, -0.1) is 11.6 Å². The molecule has 0 aromatic carbocycles. The van der Waals surface area contributed by atoms with Crippen LogP contribution in [0, 0.1) is 0 Å². The summed E-state index contributed by atoms with van der Waals surface area (Å²) < 4.78 is 0. The number of alkyl halides is 1. The van der Waals surface area contributed by atoms with Gasteiger partial charge in [-0.2, -0.15) is 0 Å². The average Bonchev–Trinajstić information content (AvgIpc) is 1.38. The predicted octanol–water partition coefficient (Wildman–Crippen LogP) is 0.166. The van der Waals surface area contributed by atoms with Crippen molar-refractivity contribution in [2.45, 2.75) is 0 Å². The number of carbonyl (C=O) groups excluding carboxylic acids is 1. The fraction of sp³-hybridized carbons (Fsp3) is 0.500. The first-order valence-corrected chi connectivity index (χ1v) is 1.93. The quantitative estimate of drug-likeness (QED) is 0.369. The van der Waals surface area contributed by atoms with Crippen molar-refractivity contribution in [3.05, 3.63) is 0 Å². The lowest BCUT2D eigenvalue weighted by Gasteiger charge is -1.65. The van der Waals surface area contributed by atoms with Gasteiger partial charge >= 0.3 is 0 Å². The summed E-state index contributed by atoms with van der Waals surface area (Å²) in [5.74, 6) is -0.0957. The average molecular weight is 131 g/mol. The van der Waals surface area contributed by atoms with E-state index in [1.807, 2.05) is 0 Å². The molecule has 0 saturated carbocycles. The van der Waals surface area contributed by atoms with Gasteiger partial charge in [0.2, 0.25) is 5.24 Å². The second kappa shape index (κ2) is 5.21. The third kappa shape index (κ3) is 8.88. The zero-order valence-corrected chi connectivity index (χ0v) is 4.38. The van der Waals surface area contributed by atoms with Crippen molar-refractivity contribution in [1.82, 2.24) is 0 Å². The van der Waals surface area contributed by atoms with Crippen molar-refractivity contribution >= 4 is 28.4 Å². The van der Waals surface area contributed by atoms with Gasteiger partial charge in [-0.25, -0.2) is 0 Å². The van der Waals surface area contributed by atoms with Gasteiger partial charge in [0.1, 0.15) is 0 Å². The van der Waals surface area contributed by atoms with E-state index in [4.69, 9.17) is 23.2 Å². The van der Waals surface area contributed by atoms with Gasteiger partial charge in [-0.3, -0.25) is 4.79 Å². The number of rotatable bonds is 1. The molecule has 0 fully saturated rings. The van der Waals surface area contributed by atoms with E-state index in [0.717, 1.165) is 0 Å². The van der Waals surface area contributed by atoms with E-state index in [-0.39, 0.29) is 11.4 Å². The van der Waals surface area contributed by atoms with Crippen LogP contribution in [0.2, 0.25) is 0 Å². The van der Waals surface area contributed by atoms with Gasteiger partial charge in [-0.05, 0) is 11.6 Å². The molecule has 0 rings (SSSR count). The Balaban J connectivity index is 0. The van der Waals surface area contributed by atoms with Gasteiger partial charge < -0.3 is 5.48 Å². The first-order valence-electron chi connectivity index (χ1n) is 1.01. The second-order valence-corrected chi connectivity index (χ2v) is 1.18. The molecule has 6 heavy (non-hydrogen) atoms. The third-order valence-corrected chi connectivity index (χ3v) is 0.618. The van der Waals surface area contributed by atoms with E-state index < -0.39 is 5.24 Å². The van der Waals surface area contributed by atoms with E-state index in [1.54, 1.807) is 0 Å². The fourth-order valence-corrected chi connectivity index (χ4v) is 0. The standard InChI is InChI=1S/C2H2Cl2O.H2O/c3-1-2(4)5;/h1H2;1H2. The molecule has 0 aromatic rings. The Morgan fingerprint density at radius 3 is 1.83 bits per heavy atom. The Labute approximate surface area is 45.4 Å². The smallest absolute Gasteiger partial charge is 0.236 e. The van der Waals surface area contributed by atoms with Crippen molar-refractivity contribution in [3.8, 4) is 0 Å². The lowest BCUT2D eigenvalue weighted by Crippen LogP contribution is -1.81. The van der Waals surface area contributed by atoms with Gasteiger partial charge in [-0.1, -0.05) is 0 Å². The van der Waals surface area contributed by atoms with Gasteiger partial charge in [0.15, 0.2) is 0 Å². The summed E-state index contributed by atoms with van der Waals surface area (Å²) in [4.78, 5) is 9.45. The number of halogens is 2. The van der Waals surface area contributed by atoms with Crippen LogP contribution in [0.5, 0.6) is 0 Å². The molecule has 0 aliphatic carbocycles. The highest BCUT2D eigenvalue weighted by Gasteiger charge is 1.83. The highest BCUT2D eigenvalue weighted by Crippen LogP contribution is 1.80. The molecule has 0 heterocycles. The van der Waals surface area contributed by atoms with E-state index in [2.05, 4.69) is 0 Å². The number of hydrogen-bond acceptors (Lipinski definition) is 1. The molecule has 0 spiro atoms. The molecule has 38 valence electrons. The van der Waals surface area contributed by atoms with Crippen LogP contribution in [-0.4, -0.2) is 16.6 Å². The molecule has 0 atom stereocenters. The molecule has 0 aliphatic heterocycles. The molecule has 0 aliphatic rings. The summed E-state index contributed by atoms with van der Waals surface area (Å²) in [6.07, 6.45) is 0. The SMILES string of the molecule is O.O=C(Cl)CCl. The second-order valence-electron chi connectivity index (χ2n) is 0.489. The van der Waals surface area contributed by atoms with Crippen LogP contribution in [0.15, 0.2) is 0 Å². The van der Waals surface area contributed by atoms with Crippen LogP contribution in [-0.2, 0) is 4.79 Å². The highest BCUT2D eigenvalue weighted by atomic mass is 35.5. The summed E-state index contributed by atoms with van der Waals surface area (Å²) in [5.41, 5.74) is 0. The maximum Gasteiger partial charge on any atom is 0.236 e. The summed E-state index contributed by atoms with van der Waals surface area (Å²) in [6.45, 7) is 0. The molecule has 0 saturated heterocycles. The van der Waals surface area contributed by atoms with Gasteiger partial charge in [0, 0.05) is 0 Å². The first-order chi connectivity index (χ1) is 2.27. The molecular formula is C2H4Cl2O2. The largest absolute Gasteiger partial charge is 0.412 e. The normalized spacial score (nSPS) is 6.33. The summed E-state index contributed by atoms with van der Waals surface area (Å²) in [5, 5.41) is -0.508. The first kappa shape index (κ1) is 9.51. The summed E-state index contributed by atoms with van der Waals surface area (Å²) in [7, 11) is 0. The molecule has 0 bridgehead atoms. The van der Waals surface area contributed by atoms with E-state index in [1.165, 1.54) is 0 Å². The monoisotopic (exact) mass is 130 g/mol. The van der Waals surface area contributed by atoms with E-state index in [0.29, 0.717) is 0 Å². The van der Waals surface area contributed by atoms with Gasteiger partial charge in [0.05, 0.1) is 5.88 Å². The Kier molecular flexibility index (Phi) is 8.26. The Bertz CT molecular complexity index is 44.8. The lowest BCUT2D eigenvalue weighted by molar-refractivity contribution is -0.109. The van der Waals surface area contributed by atoms with Crippen LogP contribution in [0.3, 0.4) is 0 Å². The van der Waals surface area contributed by atoms with Crippen molar-refractivity contribution < 1.29 is 10.3 Å². The van der Waals surface area contributed by atoms with E-state index in [9.17, 15) is 4.79 Å². The molecule has 2 N–H and O–H groups in total. The zero-order chi connectivity index (χ0) is 4.28. The third-order valence-electron chi connectivity index (χ3n) is 0.105. The van der Waals surface area contributed by atoms with Crippen LogP contribution in [0.1, 0.15) is 0 Å². The molecular weight excluding hydrogens is 127 g/mol. The Morgan fingerprint density at radius 1 is 1.67 bits per heavy atom. The fourth-order valence-electron chi connectivity index (χ4n) is 0. The van der Waals surface area contributed by atoms with Crippen LogP contribution < -0.4 is 0 Å². The number of hydrogen-bond donors (Lipinski definition) is 0. The minimum absolute atomic E-state index is 0. The molecule has 0 unspecified atom stereocenters. The maximum absolute atomic E-state index is 9.45. The Hall–Kier alpha value is 0.210.